The molecule has 2 aromatic rings. The van der Waals surface area contributed by atoms with Crippen LogP contribution in [0.5, 0.6) is 5.75 Å². The highest BCUT2D eigenvalue weighted by atomic mass is 16.5. The molecule has 1 aliphatic rings. The average molecular weight is 424 g/mol. The van der Waals surface area contributed by atoms with Gasteiger partial charge in [0.15, 0.2) is 0 Å². The molecule has 3 rings (SSSR count). The van der Waals surface area contributed by atoms with Gasteiger partial charge in [-0.2, -0.15) is 0 Å². The summed E-state index contributed by atoms with van der Waals surface area (Å²) >= 11 is 0. The zero-order chi connectivity index (χ0) is 22.7. The molecule has 164 valence electrons. The van der Waals surface area contributed by atoms with E-state index in [1.807, 2.05) is 62.3 Å². The van der Waals surface area contributed by atoms with E-state index in [-0.39, 0.29) is 11.3 Å². The quantitative estimate of drug-likeness (QED) is 0.419. The van der Waals surface area contributed by atoms with Crippen molar-refractivity contribution >= 4 is 23.1 Å². The number of nitrogens with zero attached hydrogens (tertiary/aromatic N) is 3. The molecule has 0 radical (unpaired) electrons. The van der Waals surface area contributed by atoms with Crippen LogP contribution in [0, 0.1) is 0 Å². The zero-order valence-electron chi connectivity index (χ0n) is 18.6. The van der Waals surface area contributed by atoms with Crippen molar-refractivity contribution in [1.82, 2.24) is 9.80 Å². The molecular weight excluding hydrogens is 394 g/mol. The summed E-state index contributed by atoms with van der Waals surface area (Å²) in [5, 5.41) is 11.1. The second kappa shape index (κ2) is 9.22. The number of anilines is 1. The molecule has 1 aliphatic heterocycles. The monoisotopic (exact) mass is 423 g/mol. The minimum atomic E-state index is -0.672. The smallest absolute Gasteiger partial charge is 0.295 e. The van der Waals surface area contributed by atoms with Crippen molar-refractivity contribution < 1.29 is 19.4 Å². The summed E-state index contributed by atoms with van der Waals surface area (Å²) in [5.41, 5.74) is 2.34. The van der Waals surface area contributed by atoms with Gasteiger partial charge in [-0.15, -0.1) is 0 Å². The van der Waals surface area contributed by atoms with E-state index in [4.69, 9.17) is 4.74 Å². The number of carbonyl (C=O) groups is 2. The van der Waals surface area contributed by atoms with E-state index in [9.17, 15) is 14.7 Å². The topological polar surface area (TPSA) is 73.3 Å². The van der Waals surface area contributed by atoms with Gasteiger partial charge in [0.25, 0.3) is 11.7 Å². The highest BCUT2D eigenvalue weighted by Crippen LogP contribution is 2.39. The molecular formula is C24H29N3O4. The van der Waals surface area contributed by atoms with Gasteiger partial charge in [-0.1, -0.05) is 12.1 Å². The first-order chi connectivity index (χ1) is 14.7. The molecule has 31 heavy (non-hydrogen) atoms. The number of amides is 1. The van der Waals surface area contributed by atoms with Crippen molar-refractivity contribution in [3.8, 4) is 5.75 Å². The molecule has 1 unspecified atom stereocenters. The summed E-state index contributed by atoms with van der Waals surface area (Å²) in [6, 6.07) is 13.8. The van der Waals surface area contributed by atoms with Crippen molar-refractivity contribution in [2.24, 2.45) is 0 Å². The minimum absolute atomic E-state index is 0.103. The standard InChI is InChI=1S/C24H29N3O4/c1-25(2)14-15-27-21(16-6-10-18(11-7-16)26(3)4)20(23(29)24(27)30)22(28)17-8-12-19(31-5)13-9-17/h6-13,21,28H,14-15H2,1-5H3/b22-20+. The van der Waals surface area contributed by atoms with Gasteiger partial charge >= 0.3 is 0 Å². The van der Waals surface area contributed by atoms with Gasteiger partial charge in [-0.05, 0) is 56.1 Å². The minimum Gasteiger partial charge on any atom is -0.507 e. The van der Waals surface area contributed by atoms with Crippen molar-refractivity contribution in [2.75, 3.05) is 53.3 Å². The number of methoxy groups -OCH3 is 1. The third kappa shape index (κ3) is 4.56. The maximum Gasteiger partial charge on any atom is 0.295 e. The van der Waals surface area contributed by atoms with Crippen molar-refractivity contribution in [3.05, 3.63) is 65.2 Å². The highest BCUT2D eigenvalue weighted by molar-refractivity contribution is 6.46. The molecule has 1 saturated heterocycles. The summed E-state index contributed by atoms with van der Waals surface area (Å²) in [7, 11) is 9.27. The van der Waals surface area contributed by atoms with Gasteiger partial charge in [-0.3, -0.25) is 9.59 Å². The lowest BCUT2D eigenvalue weighted by Crippen LogP contribution is -2.35. The SMILES string of the molecule is COc1ccc(/C(O)=C2\C(=O)C(=O)N(CCN(C)C)C2c2ccc(N(C)C)cc2)cc1. The molecule has 7 nitrogen and oxygen atoms in total. The average Bonchev–Trinajstić information content (AvgIpc) is 3.02. The lowest BCUT2D eigenvalue weighted by molar-refractivity contribution is -0.140. The Morgan fingerprint density at radius 1 is 1.00 bits per heavy atom. The van der Waals surface area contributed by atoms with E-state index in [0.717, 1.165) is 11.3 Å². The number of likely N-dealkylation sites (N-methyl/N-ethyl adjacent to an activating group) is 1. The van der Waals surface area contributed by atoms with Crippen LogP contribution in [0.3, 0.4) is 0 Å². The third-order valence-corrected chi connectivity index (χ3v) is 5.42. The lowest BCUT2D eigenvalue weighted by Gasteiger charge is -2.27. The summed E-state index contributed by atoms with van der Waals surface area (Å²) in [4.78, 5) is 31.4. The van der Waals surface area contributed by atoms with Gasteiger partial charge in [0, 0.05) is 38.4 Å². The zero-order valence-corrected chi connectivity index (χ0v) is 18.6. The predicted molar refractivity (Wildman–Crippen MR) is 121 cm³/mol. The number of benzene rings is 2. The maximum atomic E-state index is 13.0. The van der Waals surface area contributed by atoms with Crippen LogP contribution in [0.2, 0.25) is 0 Å². The molecule has 2 aromatic carbocycles. The molecule has 0 spiro atoms. The summed E-state index contributed by atoms with van der Waals surface area (Å²) in [6.07, 6.45) is 0. The number of carbonyl (C=O) groups excluding carboxylic acids is 2. The molecule has 1 fully saturated rings. The summed E-state index contributed by atoms with van der Waals surface area (Å²) in [5.74, 6) is -0.818. The molecule has 0 saturated carbocycles. The van der Waals surface area contributed by atoms with Gasteiger partial charge < -0.3 is 24.5 Å². The molecule has 0 aliphatic carbocycles. The van der Waals surface area contributed by atoms with E-state index < -0.39 is 17.7 Å². The van der Waals surface area contributed by atoms with E-state index in [2.05, 4.69) is 0 Å². The van der Waals surface area contributed by atoms with Gasteiger partial charge in [0.2, 0.25) is 0 Å². The Balaban J connectivity index is 2.11. The van der Waals surface area contributed by atoms with Crippen LogP contribution in [-0.4, -0.2) is 75.0 Å². The number of ketones is 1. The Hall–Kier alpha value is -3.32. The normalized spacial score (nSPS) is 18.0. The number of rotatable bonds is 7. The van der Waals surface area contributed by atoms with Crippen LogP contribution < -0.4 is 9.64 Å². The molecule has 1 atom stereocenters. The van der Waals surface area contributed by atoms with Crippen LogP contribution in [-0.2, 0) is 9.59 Å². The second-order valence-electron chi connectivity index (χ2n) is 8.01. The van der Waals surface area contributed by atoms with Crippen molar-refractivity contribution in [1.29, 1.82) is 0 Å². The largest absolute Gasteiger partial charge is 0.507 e. The molecule has 0 aromatic heterocycles. The second-order valence-corrected chi connectivity index (χ2v) is 8.01. The van der Waals surface area contributed by atoms with Gasteiger partial charge in [-0.25, -0.2) is 0 Å². The van der Waals surface area contributed by atoms with Crippen LogP contribution >= 0.6 is 0 Å². The fraction of sp³-hybridized carbons (Fsp3) is 0.333. The van der Waals surface area contributed by atoms with Gasteiger partial charge in [0.1, 0.15) is 11.5 Å². The maximum absolute atomic E-state index is 13.0. The first-order valence-corrected chi connectivity index (χ1v) is 10.1. The van der Waals surface area contributed by atoms with Crippen LogP contribution in [0.4, 0.5) is 5.69 Å². The Kier molecular flexibility index (Phi) is 6.65. The van der Waals surface area contributed by atoms with Crippen LogP contribution in [0.15, 0.2) is 54.1 Å². The molecule has 7 heteroatoms. The molecule has 0 bridgehead atoms. The van der Waals surface area contributed by atoms with E-state index in [0.29, 0.717) is 24.4 Å². The number of ether oxygens (including phenoxy) is 1. The highest BCUT2D eigenvalue weighted by Gasteiger charge is 2.45. The Morgan fingerprint density at radius 3 is 2.13 bits per heavy atom. The number of likely N-dealkylation sites (tertiary alicyclic amines) is 1. The Labute approximate surface area is 183 Å². The molecule has 1 amide bonds. The molecule has 1 N–H and O–H groups in total. The number of Topliss-reactive ketones (excluding diaryl/α,β-unsaturated/α-hetero) is 1. The fourth-order valence-corrected chi connectivity index (χ4v) is 3.62. The number of aliphatic hydroxyl groups is 1. The van der Waals surface area contributed by atoms with E-state index >= 15 is 0 Å². The third-order valence-electron chi connectivity index (χ3n) is 5.42. The number of aliphatic hydroxyl groups excluding tert-OH is 1. The number of hydrogen-bond donors (Lipinski definition) is 1. The van der Waals surface area contributed by atoms with Gasteiger partial charge in [0.05, 0.1) is 18.7 Å². The van der Waals surface area contributed by atoms with Crippen molar-refractivity contribution in [3.63, 3.8) is 0 Å². The van der Waals surface area contributed by atoms with E-state index in [1.54, 1.807) is 36.3 Å². The first-order valence-electron chi connectivity index (χ1n) is 10.1. The van der Waals surface area contributed by atoms with Crippen LogP contribution in [0.25, 0.3) is 5.76 Å². The summed E-state index contributed by atoms with van der Waals surface area (Å²) < 4.78 is 5.17. The predicted octanol–water partition coefficient (Wildman–Crippen LogP) is 2.74. The van der Waals surface area contributed by atoms with E-state index in [1.165, 1.54) is 0 Å². The first kappa shape index (κ1) is 22.4. The lowest BCUT2D eigenvalue weighted by atomic mass is 9.95. The Bertz CT molecular complexity index is 979. The molecule has 1 heterocycles. The number of hydrogen-bond acceptors (Lipinski definition) is 6. The van der Waals surface area contributed by atoms with Crippen LogP contribution in [0.1, 0.15) is 17.2 Å². The Morgan fingerprint density at radius 2 is 1.61 bits per heavy atom. The van der Waals surface area contributed by atoms with Crippen molar-refractivity contribution in [2.45, 2.75) is 6.04 Å². The fourth-order valence-electron chi connectivity index (χ4n) is 3.62. The summed E-state index contributed by atoms with van der Waals surface area (Å²) in [6.45, 7) is 0.971.